The van der Waals surface area contributed by atoms with Crippen LogP contribution in [0.2, 0.25) is 0 Å². The van der Waals surface area contributed by atoms with E-state index in [4.69, 9.17) is 16.2 Å². The molecule has 1 aromatic heterocycles. The number of nitrogens with zero attached hydrogens (tertiary/aromatic N) is 1. The summed E-state index contributed by atoms with van der Waals surface area (Å²) in [5.74, 6) is 1.41. The van der Waals surface area contributed by atoms with Gasteiger partial charge in [-0.2, -0.15) is 0 Å². The lowest BCUT2D eigenvalue weighted by molar-refractivity contribution is 0.194. The van der Waals surface area contributed by atoms with Crippen molar-refractivity contribution in [3.8, 4) is 17.0 Å². The van der Waals surface area contributed by atoms with E-state index in [0.717, 1.165) is 47.0 Å². The zero-order chi connectivity index (χ0) is 16.5. The molecule has 1 aliphatic rings. The van der Waals surface area contributed by atoms with Crippen LogP contribution in [0.1, 0.15) is 19.3 Å². The monoisotopic (exact) mass is 319 g/mol. The van der Waals surface area contributed by atoms with Gasteiger partial charge in [0.2, 0.25) is 0 Å². The molecule has 0 aliphatic heterocycles. The van der Waals surface area contributed by atoms with Crippen LogP contribution in [0.25, 0.3) is 22.0 Å². The molecule has 4 heteroatoms. The zero-order valence-electron chi connectivity index (χ0n) is 13.5. The quantitative estimate of drug-likeness (QED) is 0.771. The van der Waals surface area contributed by atoms with Gasteiger partial charge in [0.05, 0.1) is 5.69 Å². The molecule has 0 amide bonds. The standard InChI is InChI=1S/C20H21N3O/c21-16-7-3-9-19(16)24-18-12-11-14(13-5-1-2-6-15(13)18)17-8-4-10-20(22)23-17/h1-2,4-6,8,10-12,16,19H,3,7,9,21H2,(H2,22,23). The van der Waals surface area contributed by atoms with Crippen LogP contribution < -0.4 is 16.2 Å². The van der Waals surface area contributed by atoms with E-state index >= 15 is 0 Å². The maximum atomic E-state index is 6.25. The van der Waals surface area contributed by atoms with E-state index < -0.39 is 0 Å². The minimum atomic E-state index is 0.102. The van der Waals surface area contributed by atoms with Crippen molar-refractivity contribution >= 4 is 16.6 Å². The number of ether oxygens (including phenoxy) is 1. The van der Waals surface area contributed by atoms with Gasteiger partial charge in [0.15, 0.2) is 0 Å². The predicted molar refractivity (Wildman–Crippen MR) is 97.8 cm³/mol. The van der Waals surface area contributed by atoms with Crippen LogP contribution in [0.4, 0.5) is 5.82 Å². The molecule has 2 aromatic carbocycles. The molecular weight excluding hydrogens is 298 g/mol. The second kappa shape index (κ2) is 6.13. The number of pyridine rings is 1. The van der Waals surface area contributed by atoms with Crippen LogP contribution in [0.5, 0.6) is 5.75 Å². The Morgan fingerprint density at radius 2 is 1.75 bits per heavy atom. The van der Waals surface area contributed by atoms with Crippen LogP contribution in [0.15, 0.2) is 54.6 Å². The molecule has 1 heterocycles. The Bertz CT molecular complexity index is 878. The van der Waals surface area contributed by atoms with Crippen molar-refractivity contribution in [2.45, 2.75) is 31.4 Å². The maximum Gasteiger partial charge on any atom is 0.127 e. The molecule has 0 radical (unpaired) electrons. The smallest absolute Gasteiger partial charge is 0.127 e. The molecule has 4 nitrogen and oxygen atoms in total. The highest BCUT2D eigenvalue weighted by molar-refractivity contribution is 5.99. The molecule has 1 fully saturated rings. The molecule has 0 spiro atoms. The van der Waals surface area contributed by atoms with E-state index in [1.54, 1.807) is 6.07 Å². The molecular formula is C20H21N3O. The molecule has 122 valence electrons. The highest BCUT2D eigenvalue weighted by Gasteiger charge is 2.26. The van der Waals surface area contributed by atoms with Crippen molar-refractivity contribution in [3.05, 3.63) is 54.6 Å². The number of rotatable bonds is 3. The van der Waals surface area contributed by atoms with E-state index in [-0.39, 0.29) is 12.1 Å². The lowest BCUT2D eigenvalue weighted by Gasteiger charge is -2.20. The Morgan fingerprint density at radius 1 is 0.917 bits per heavy atom. The summed E-state index contributed by atoms with van der Waals surface area (Å²) < 4.78 is 6.25. The Balaban J connectivity index is 1.80. The molecule has 0 bridgehead atoms. The lowest BCUT2D eigenvalue weighted by Crippen LogP contribution is -2.33. The summed E-state index contributed by atoms with van der Waals surface area (Å²) in [5, 5.41) is 2.19. The molecule has 2 atom stereocenters. The Kier molecular flexibility index (Phi) is 3.82. The molecule has 1 saturated carbocycles. The van der Waals surface area contributed by atoms with Crippen molar-refractivity contribution in [2.75, 3.05) is 5.73 Å². The highest BCUT2D eigenvalue weighted by Crippen LogP contribution is 2.35. The fraction of sp³-hybridized carbons (Fsp3) is 0.250. The minimum absolute atomic E-state index is 0.102. The fourth-order valence-corrected chi connectivity index (χ4v) is 3.46. The first-order valence-electron chi connectivity index (χ1n) is 8.39. The Labute approximate surface area is 141 Å². The summed E-state index contributed by atoms with van der Waals surface area (Å²) in [6.45, 7) is 0. The van der Waals surface area contributed by atoms with Crippen LogP contribution >= 0.6 is 0 Å². The third kappa shape index (κ3) is 2.69. The van der Waals surface area contributed by atoms with E-state index in [2.05, 4.69) is 23.2 Å². The Hall–Kier alpha value is -2.59. The molecule has 3 aromatic rings. The average molecular weight is 319 g/mol. The number of benzene rings is 2. The van der Waals surface area contributed by atoms with Gasteiger partial charge in [-0.1, -0.05) is 30.3 Å². The summed E-state index contributed by atoms with van der Waals surface area (Å²) in [6.07, 6.45) is 3.29. The first kappa shape index (κ1) is 15.0. The predicted octanol–water partition coefficient (Wildman–Crippen LogP) is 3.74. The average Bonchev–Trinajstić information content (AvgIpc) is 3.00. The van der Waals surface area contributed by atoms with E-state index in [1.165, 1.54) is 0 Å². The van der Waals surface area contributed by atoms with Crippen molar-refractivity contribution in [3.63, 3.8) is 0 Å². The van der Waals surface area contributed by atoms with Gasteiger partial charge < -0.3 is 16.2 Å². The van der Waals surface area contributed by atoms with Gasteiger partial charge in [-0.05, 0) is 48.9 Å². The number of nitrogen functional groups attached to an aromatic ring is 1. The fourth-order valence-electron chi connectivity index (χ4n) is 3.46. The number of anilines is 1. The molecule has 2 unspecified atom stereocenters. The van der Waals surface area contributed by atoms with Gasteiger partial charge in [-0.15, -0.1) is 0 Å². The molecule has 0 saturated heterocycles. The number of hydrogen-bond acceptors (Lipinski definition) is 4. The largest absolute Gasteiger partial charge is 0.488 e. The van der Waals surface area contributed by atoms with Gasteiger partial charge in [0.25, 0.3) is 0 Å². The van der Waals surface area contributed by atoms with Crippen LogP contribution in [0.3, 0.4) is 0 Å². The summed E-state index contributed by atoms with van der Waals surface area (Å²) in [6, 6.07) is 18.1. The van der Waals surface area contributed by atoms with E-state index in [1.807, 2.05) is 30.3 Å². The van der Waals surface area contributed by atoms with Crippen molar-refractivity contribution in [1.29, 1.82) is 0 Å². The summed E-state index contributed by atoms with van der Waals surface area (Å²) in [7, 11) is 0. The topological polar surface area (TPSA) is 74.2 Å². The molecule has 24 heavy (non-hydrogen) atoms. The van der Waals surface area contributed by atoms with Gasteiger partial charge in [-0.25, -0.2) is 4.98 Å². The van der Waals surface area contributed by atoms with Crippen molar-refractivity contribution in [2.24, 2.45) is 5.73 Å². The van der Waals surface area contributed by atoms with Crippen LogP contribution in [-0.2, 0) is 0 Å². The summed E-state index contributed by atoms with van der Waals surface area (Å²) in [4.78, 5) is 4.46. The number of hydrogen-bond donors (Lipinski definition) is 2. The SMILES string of the molecule is Nc1cccc(-c2ccc(OC3CCCC3N)c3ccccc23)n1. The first-order chi connectivity index (χ1) is 11.7. The van der Waals surface area contributed by atoms with Gasteiger partial charge in [-0.3, -0.25) is 0 Å². The van der Waals surface area contributed by atoms with Crippen LogP contribution in [0, 0.1) is 0 Å². The zero-order valence-corrected chi connectivity index (χ0v) is 13.5. The summed E-state index contributed by atoms with van der Waals surface area (Å²) in [5.41, 5.74) is 13.9. The lowest BCUT2D eigenvalue weighted by atomic mass is 10.0. The number of aromatic nitrogens is 1. The third-order valence-electron chi connectivity index (χ3n) is 4.71. The van der Waals surface area contributed by atoms with E-state index in [9.17, 15) is 0 Å². The second-order valence-corrected chi connectivity index (χ2v) is 6.36. The summed E-state index contributed by atoms with van der Waals surface area (Å²) >= 11 is 0. The van der Waals surface area contributed by atoms with Gasteiger partial charge in [0.1, 0.15) is 17.7 Å². The maximum absolute atomic E-state index is 6.25. The first-order valence-corrected chi connectivity index (χ1v) is 8.39. The molecule has 4 N–H and O–H groups in total. The van der Waals surface area contributed by atoms with Crippen molar-refractivity contribution < 1.29 is 4.74 Å². The normalized spacial score (nSPS) is 20.4. The van der Waals surface area contributed by atoms with Crippen molar-refractivity contribution in [1.82, 2.24) is 4.98 Å². The second-order valence-electron chi connectivity index (χ2n) is 6.36. The third-order valence-corrected chi connectivity index (χ3v) is 4.71. The highest BCUT2D eigenvalue weighted by atomic mass is 16.5. The van der Waals surface area contributed by atoms with Crippen LogP contribution in [-0.4, -0.2) is 17.1 Å². The minimum Gasteiger partial charge on any atom is -0.488 e. The van der Waals surface area contributed by atoms with Gasteiger partial charge >= 0.3 is 0 Å². The van der Waals surface area contributed by atoms with Gasteiger partial charge in [0, 0.05) is 17.0 Å². The molecule has 1 aliphatic carbocycles. The Morgan fingerprint density at radius 3 is 2.50 bits per heavy atom. The number of nitrogens with two attached hydrogens (primary N) is 2. The van der Waals surface area contributed by atoms with E-state index in [0.29, 0.717) is 5.82 Å². The molecule has 4 rings (SSSR count). The number of fused-ring (bicyclic) bond motifs is 1.